The Morgan fingerprint density at radius 2 is 1.92 bits per heavy atom. The Morgan fingerprint density at radius 1 is 1.31 bits per heavy atom. The molecule has 13 heavy (non-hydrogen) atoms. The van der Waals surface area contributed by atoms with Crippen LogP contribution in [0.15, 0.2) is 0 Å². The summed E-state index contributed by atoms with van der Waals surface area (Å²) in [6.07, 6.45) is 3.28. The number of rotatable bonds is 7. The van der Waals surface area contributed by atoms with Crippen LogP contribution in [-0.4, -0.2) is 19.2 Å². The lowest BCUT2D eigenvalue weighted by Crippen LogP contribution is -2.28. The van der Waals surface area contributed by atoms with Gasteiger partial charge < -0.3 is 4.74 Å². The van der Waals surface area contributed by atoms with Crippen molar-refractivity contribution < 1.29 is 14.6 Å². The van der Waals surface area contributed by atoms with Crippen LogP contribution in [0.1, 0.15) is 40.0 Å². The van der Waals surface area contributed by atoms with E-state index >= 15 is 0 Å². The van der Waals surface area contributed by atoms with E-state index in [4.69, 9.17) is 4.74 Å². The van der Waals surface area contributed by atoms with Gasteiger partial charge in [-0.25, -0.2) is 9.90 Å². The fraction of sp³-hybridized carbons (Fsp3) is 0.900. The molecule has 0 amide bonds. The molecule has 0 spiro atoms. The summed E-state index contributed by atoms with van der Waals surface area (Å²) in [5.74, 6) is -1.05. The molecule has 77 valence electrons. The lowest BCUT2D eigenvalue weighted by atomic mass is 9.95. The number of hydrogen-bond acceptors (Lipinski definition) is 2. The van der Waals surface area contributed by atoms with Crippen molar-refractivity contribution in [1.29, 1.82) is 0 Å². The van der Waals surface area contributed by atoms with Crippen LogP contribution in [0.4, 0.5) is 0 Å². The highest BCUT2D eigenvalue weighted by molar-refractivity contribution is 5.73. The van der Waals surface area contributed by atoms with Crippen LogP contribution in [0.2, 0.25) is 0 Å². The SMILES string of the molecule is CCCCCOCC(C)(C)C([O])=O. The number of carbonyl (C=O) groups excluding carboxylic acids is 1. The standard InChI is InChI=1S/C10H19O3/c1-4-5-6-7-13-8-10(2,3)9(11)12/h4-8H2,1-3H3. The Kier molecular flexibility index (Phi) is 5.71. The lowest BCUT2D eigenvalue weighted by molar-refractivity contribution is -0.157. The van der Waals surface area contributed by atoms with Crippen LogP contribution >= 0.6 is 0 Å². The van der Waals surface area contributed by atoms with Crippen molar-refractivity contribution in [3.8, 4) is 0 Å². The molecule has 3 heteroatoms. The maximum Gasteiger partial charge on any atom is 0.363 e. The summed E-state index contributed by atoms with van der Waals surface area (Å²) in [4.78, 5) is 10.5. The smallest absolute Gasteiger partial charge is 0.363 e. The zero-order valence-corrected chi connectivity index (χ0v) is 8.76. The quantitative estimate of drug-likeness (QED) is 0.573. The van der Waals surface area contributed by atoms with Gasteiger partial charge in [-0.15, -0.1) is 0 Å². The molecule has 0 aliphatic carbocycles. The van der Waals surface area contributed by atoms with E-state index in [1.165, 1.54) is 0 Å². The minimum Gasteiger partial charge on any atom is -0.380 e. The van der Waals surface area contributed by atoms with Crippen molar-refractivity contribution in [3.05, 3.63) is 0 Å². The van der Waals surface area contributed by atoms with E-state index in [-0.39, 0.29) is 6.61 Å². The van der Waals surface area contributed by atoms with Crippen molar-refractivity contribution in [3.63, 3.8) is 0 Å². The third-order valence-corrected chi connectivity index (χ3v) is 1.91. The molecule has 0 heterocycles. The molecule has 0 aromatic rings. The molecule has 0 unspecified atom stereocenters. The number of carbonyl (C=O) groups is 1. The molecule has 0 bridgehead atoms. The van der Waals surface area contributed by atoms with Crippen LogP contribution in [0.25, 0.3) is 0 Å². The number of unbranched alkanes of at least 4 members (excludes halogenated alkanes) is 2. The van der Waals surface area contributed by atoms with Gasteiger partial charge in [0.1, 0.15) is 0 Å². The van der Waals surface area contributed by atoms with E-state index < -0.39 is 11.4 Å². The molecular weight excluding hydrogens is 168 g/mol. The normalized spacial score (nSPS) is 11.6. The molecule has 0 fully saturated rings. The monoisotopic (exact) mass is 187 g/mol. The summed E-state index contributed by atoms with van der Waals surface area (Å²) >= 11 is 0. The summed E-state index contributed by atoms with van der Waals surface area (Å²) in [6, 6.07) is 0. The van der Waals surface area contributed by atoms with Crippen molar-refractivity contribution in [2.45, 2.75) is 40.0 Å². The second kappa shape index (κ2) is 5.97. The third kappa shape index (κ3) is 5.64. The predicted octanol–water partition coefficient (Wildman–Crippen LogP) is 2.18. The summed E-state index contributed by atoms with van der Waals surface area (Å²) in [6.45, 7) is 6.22. The van der Waals surface area contributed by atoms with Gasteiger partial charge in [0.25, 0.3) is 0 Å². The van der Waals surface area contributed by atoms with E-state index in [2.05, 4.69) is 6.92 Å². The highest BCUT2D eigenvalue weighted by atomic mass is 16.5. The lowest BCUT2D eigenvalue weighted by Gasteiger charge is -2.17. The van der Waals surface area contributed by atoms with Crippen molar-refractivity contribution in [2.75, 3.05) is 13.2 Å². The number of hydrogen-bond donors (Lipinski definition) is 0. The molecule has 0 aromatic carbocycles. The molecule has 0 atom stereocenters. The van der Waals surface area contributed by atoms with Gasteiger partial charge in [-0.3, -0.25) is 0 Å². The fourth-order valence-corrected chi connectivity index (χ4v) is 0.840. The molecule has 0 aliphatic heterocycles. The predicted molar refractivity (Wildman–Crippen MR) is 49.8 cm³/mol. The number of ether oxygens (including phenoxy) is 1. The van der Waals surface area contributed by atoms with E-state index in [1.54, 1.807) is 13.8 Å². The van der Waals surface area contributed by atoms with Crippen LogP contribution in [0.3, 0.4) is 0 Å². The zero-order chi connectivity index (χ0) is 10.3. The first kappa shape index (κ1) is 12.4. The van der Waals surface area contributed by atoms with Crippen molar-refractivity contribution in [2.24, 2.45) is 5.41 Å². The molecule has 0 N–H and O–H groups in total. The molecule has 0 rings (SSSR count). The Balaban J connectivity index is 3.46. The molecule has 0 saturated heterocycles. The van der Waals surface area contributed by atoms with Crippen LogP contribution < -0.4 is 0 Å². The van der Waals surface area contributed by atoms with Gasteiger partial charge in [-0.2, -0.15) is 0 Å². The van der Waals surface area contributed by atoms with Crippen molar-refractivity contribution >= 4 is 5.97 Å². The summed E-state index contributed by atoms with van der Waals surface area (Å²) in [7, 11) is 0. The molecule has 3 nitrogen and oxygen atoms in total. The van der Waals surface area contributed by atoms with Gasteiger partial charge in [0, 0.05) is 6.61 Å². The largest absolute Gasteiger partial charge is 0.380 e. The Morgan fingerprint density at radius 3 is 2.38 bits per heavy atom. The first-order chi connectivity index (χ1) is 6.00. The van der Waals surface area contributed by atoms with E-state index in [1.807, 2.05) is 0 Å². The molecular formula is C10H19O3. The first-order valence-electron chi connectivity index (χ1n) is 4.80. The van der Waals surface area contributed by atoms with Gasteiger partial charge >= 0.3 is 5.97 Å². The molecule has 0 aliphatic rings. The third-order valence-electron chi connectivity index (χ3n) is 1.91. The maximum atomic E-state index is 10.5. The maximum absolute atomic E-state index is 10.5. The minimum absolute atomic E-state index is 0.235. The average Bonchev–Trinajstić information content (AvgIpc) is 2.03. The minimum atomic E-state index is -1.05. The van der Waals surface area contributed by atoms with Gasteiger partial charge in [-0.05, 0) is 20.3 Å². The van der Waals surface area contributed by atoms with Gasteiger partial charge in [0.05, 0.1) is 12.0 Å². The van der Waals surface area contributed by atoms with Crippen LogP contribution in [0, 0.1) is 5.41 Å². The average molecular weight is 187 g/mol. The molecule has 1 radical (unpaired) electrons. The first-order valence-corrected chi connectivity index (χ1v) is 4.80. The highest BCUT2D eigenvalue weighted by Gasteiger charge is 2.29. The van der Waals surface area contributed by atoms with Gasteiger partial charge in [-0.1, -0.05) is 19.8 Å². The Labute approximate surface area is 80.1 Å². The van der Waals surface area contributed by atoms with Gasteiger partial charge in [0.2, 0.25) is 0 Å². The second-order valence-corrected chi connectivity index (χ2v) is 3.93. The summed E-state index contributed by atoms with van der Waals surface area (Å²) < 4.78 is 5.24. The van der Waals surface area contributed by atoms with Gasteiger partial charge in [0.15, 0.2) is 0 Å². The molecule has 0 saturated carbocycles. The van der Waals surface area contributed by atoms with Crippen LogP contribution in [-0.2, 0) is 14.6 Å². The highest BCUT2D eigenvalue weighted by Crippen LogP contribution is 2.15. The molecule has 0 aromatic heterocycles. The van der Waals surface area contributed by atoms with E-state index in [0.717, 1.165) is 19.3 Å². The van der Waals surface area contributed by atoms with E-state index in [9.17, 15) is 9.90 Å². The second-order valence-electron chi connectivity index (χ2n) is 3.93. The van der Waals surface area contributed by atoms with Crippen molar-refractivity contribution in [1.82, 2.24) is 0 Å². The summed E-state index contributed by atoms with van der Waals surface area (Å²) in [5.41, 5.74) is -0.869. The zero-order valence-electron chi connectivity index (χ0n) is 8.76. The Hall–Kier alpha value is -0.570. The fourth-order valence-electron chi connectivity index (χ4n) is 0.840. The Bertz CT molecular complexity index is 152. The van der Waals surface area contributed by atoms with Crippen LogP contribution in [0.5, 0.6) is 0 Å². The summed E-state index contributed by atoms with van der Waals surface area (Å²) in [5, 5.41) is 10.5. The van der Waals surface area contributed by atoms with E-state index in [0.29, 0.717) is 6.61 Å². The topological polar surface area (TPSA) is 46.2 Å².